The summed E-state index contributed by atoms with van der Waals surface area (Å²) in [5, 5.41) is 0.783. The van der Waals surface area contributed by atoms with Crippen LogP contribution in [0.4, 0.5) is 0 Å². The van der Waals surface area contributed by atoms with E-state index in [2.05, 4.69) is 43.4 Å². The van der Waals surface area contributed by atoms with E-state index in [9.17, 15) is 0 Å². The van der Waals surface area contributed by atoms with E-state index in [1.807, 2.05) is 6.07 Å². The molecule has 0 spiro atoms. The highest BCUT2D eigenvalue weighted by Gasteiger charge is 1.96. The molecule has 0 saturated heterocycles. The zero-order chi connectivity index (χ0) is 8.27. The molecule has 1 aromatic rings. The molecule has 1 aromatic heterocycles. The fraction of sp³-hybridized carbons (Fsp3) is 0.125. The smallest absolute Gasteiger partial charge is 0.0410 e. The van der Waals surface area contributed by atoms with Crippen LogP contribution in [0.5, 0.6) is 0 Å². The number of pyridine rings is 1. The van der Waals surface area contributed by atoms with Gasteiger partial charge in [-0.05, 0) is 33.1 Å². The van der Waals surface area contributed by atoms with Crippen molar-refractivity contribution < 1.29 is 0 Å². The molecule has 0 radical (unpaired) electrons. The predicted molar refractivity (Wildman–Crippen MR) is 54.8 cm³/mol. The van der Waals surface area contributed by atoms with E-state index < -0.39 is 0 Å². The van der Waals surface area contributed by atoms with Crippen molar-refractivity contribution in [3.63, 3.8) is 0 Å². The lowest BCUT2D eigenvalue weighted by atomic mass is 10.2. The van der Waals surface area contributed by atoms with Gasteiger partial charge in [-0.15, -0.1) is 0 Å². The van der Waals surface area contributed by atoms with Gasteiger partial charge in [-0.3, -0.25) is 4.98 Å². The van der Waals surface area contributed by atoms with Crippen LogP contribution < -0.4 is 0 Å². The van der Waals surface area contributed by atoms with Crippen LogP contribution in [-0.4, -0.2) is 10.3 Å². The first-order valence-corrected chi connectivity index (χ1v) is 5.00. The van der Waals surface area contributed by atoms with E-state index in [-0.39, 0.29) is 0 Å². The Bertz CT molecular complexity index is 271. The first-order valence-electron chi connectivity index (χ1n) is 3.08. The van der Waals surface area contributed by atoms with Crippen molar-refractivity contribution in [1.29, 1.82) is 0 Å². The lowest BCUT2D eigenvalue weighted by molar-refractivity contribution is 1.29. The van der Waals surface area contributed by atoms with Gasteiger partial charge in [-0.25, -0.2) is 0 Å². The number of hydrogen-bond donors (Lipinski definition) is 0. The summed E-state index contributed by atoms with van der Waals surface area (Å²) < 4.78 is 0.983. The molecule has 0 N–H and O–H groups in total. The first kappa shape index (κ1) is 8.94. The molecule has 1 heterocycles. The van der Waals surface area contributed by atoms with Gasteiger partial charge in [0.2, 0.25) is 0 Å². The lowest BCUT2D eigenvalue weighted by Crippen LogP contribution is -1.84. The van der Waals surface area contributed by atoms with Gasteiger partial charge in [0.25, 0.3) is 0 Å². The largest absolute Gasteiger partial charge is 0.263 e. The molecule has 3 heteroatoms. The minimum Gasteiger partial charge on any atom is -0.263 e. The molecule has 0 saturated carbocycles. The summed E-state index contributed by atoms with van der Waals surface area (Å²) in [5.41, 5.74) is 2.11. The Balaban J connectivity index is 2.96. The Morgan fingerprint density at radius 2 is 2.27 bits per heavy atom. The topological polar surface area (TPSA) is 12.9 Å². The Hall–Kier alpha value is -0.150. The molecule has 0 aliphatic heterocycles. The summed E-state index contributed by atoms with van der Waals surface area (Å²) in [6.07, 6.45) is 3.55. The quantitative estimate of drug-likeness (QED) is 0.756. The van der Waals surface area contributed by atoms with Gasteiger partial charge in [-0.1, -0.05) is 22.5 Å². The first-order chi connectivity index (χ1) is 5.24. The minimum absolute atomic E-state index is 0.783. The number of allylic oxidation sites excluding steroid dienone is 1. The number of hydrogen-bond acceptors (Lipinski definition) is 1. The zero-order valence-corrected chi connectivity index (χ0v) is 9.02. The molecule has 1 nitrogen and oxygen atoms in total. The molecule has 11 heavy (non-hydrogen) atoms. The molecule has 58 valence electrons. The second-order valence-electron chi connectivity index (χ2n) is 2.13. The van der Waals surface area contributed by atoms with Crippen LogP contribution in [0.3, 0.4) is 0 Å². The molecule has 0 aliphatic rings. The number of nitrogens with zero attached hydrogens (tertiary/aromatic N) is 1. The van der Waals surface area contributed by atoms with Crippen LogP contribution in [0.15, 0.2) is 29.5 Å². The molecular weight excluding hydrogens is 270 g/mol. The number of halogens is 2. The second-order valence-corrected chi connectivity index (χ2v) is 3.61. The van der Waals surface area contributed by atoms with E-state index in [0.29, 0.717) is 0 Å². The van der Waals surface area contributed by atoms with Crippen molar-refractivity contribution >= 4 is 37.4 Å². The van der Waals surface area contributed by atoms with Crippen molar-refractivity contribution in [3.8, 4) is 0 Å². The number of alkyl halides is 1. The molecule has 0 unspecified atom stereocenters. The van der Waals surface area contributed by atoms with Gasteiger partial charge in [0, 0.05) is 22.2 Å². The Morgan fingerprint density at radius 3 is 2.82 bits per heavy atom. The van der Waals surface area contributed by atoms with Gasteiger partial charge < -0.3 is 0 Å². The monoisotopic (exact) mass is 275 g/mol. The van der Waals surface area contributed by atoms with Gasteiger partial charge in [0.1, 0.15) is 0 Å². The summed E-state index contributed by atoms with van der Waals surface area (Å²) in [5.74, 6) is 0. The van der Waals surface area contributed by atoms with Crippen LogP contribution in [-0.2, 0) is 0 Å². The maximum atomic E-state index is 4.02. The minimum atomic E-state index is 0.783. The maximum absolute atomic E-state index is 4.02. The molecule has 0 atom stereocenters. The van der Waals surface area contributed by atoms with Crippen LogP contribution in [0, 0.1) is 0 Å². The highest BCUT2D eigenvalue weighted by atomic mass is 79.9. The van der Waals surface area contributed by atoms with Crippen molar-refractivity contribution in [2.75, 3.05) is 5.33 Å². The van der Waals surface area contributed by atoms with Gasteiger partial charge >= 0.3 is 0 Å². The Kier molecular flexibility index (Phi) is 3.27. The Labute approximate surface area is 82.8 Å². The molecule has 0 aliphatic carbocycles. The summed E-state index contributed by atoms with van der Waals surface area (Å²) in [7, 11) is 0. The van der Waals surface area contributed by atoms with Crippen LogP contribution in [0.2, 0.25) is 0 Å². The molecule has 1 rings (SSSR count). The normalized spacial score (nSPS) is 9.64. The number of rotatable bonds is 2. The summed E-state index contributed by atoms with van der Waals surface area (Å²) in [6.45, 7) is 3.88. The molecule has 0 bridgehead atoms. The van der Waals surface area contributed by atoms with Crippen molar-refractivity contribution in [2.24, 2.45) is 0 Å². The molecule has 0 fully saturated rings. The SMILES string of the molecule is C=C(CBr)c1cncc(Br)c1. The molecular formula is C8H7Br2N. The van der Waals surface area contributed by atoms with Gasteiger partial charge in [-0.2, -0.15) is 0 Å². The predicted octanol–water partition coefficient (Wildman–Crippen LogP) is 3.25. The average molecular weight is 277 g/mol. The van der Waals surface area contributed by atoms with Crippen molar-refractivity contribution in [1.82, 2.24) is 4.98 Å². The standard InChI is InChI=1S/C8H7Br2N/c1-6(3-9)7-2-8(10)5-11-4-7/h2,4-5H,1,3H2. The summed E-state index contributed by atoms with van der Waals surface area (Å²) in [4.78, 5) is 4.02. The van der Waals surface area contributed by atoms with E-state index in [1.54, 1.807) is 12.4 Å². The fourth-order valence-corrected chi connectivity index (χ4v) is 1.37. The van der Waals surface area contributed by atoms with Crippen LogP contribution in [0.1, 0.15) is 5.56 Å². The zero-order valence-electron chi connectivity index (χ0n) is 5.85. The van der Waals surface area contributed by atoms with Crippen LogP contribution in [0.25, 0.3) is 5.57 Å². The summed E-state index contributed by atoms with van der Waals surface area (Å²) in [6, 6.07) is 2.00. The maximum Gasteiger partial charge on any atom is 0.0410 e. The van der Waals surface area contributed by atoms with Gasteiger partial charge in [0.15, 0.2) is 0 Å². The van der Waals surface area contributed by atoms with Crippen molar-refractivity contribution in [3.05, 3.63) is 35.1 Å². The summed E-state index contributed by atoms with van der Waals surface area (Å²) >= 11 is 6.67. The third-order valence-corrected chi connectivity index (χ3v) is 2.38. The highest BCUT2D eigenvalue weighted by Crippen LogP contribution is 2.17. The van der Waals surface area contributed by atoms with Gasteiger partial charge in [0.05, 0.1) is 0 Å². The highest BCUT2D eigenvalue weighted by molar-refractivity contribution is 9.10. The second kappa shape index (κ2) is 4.02. The fourth-order valence-electron chi connectivity index (χ4n) is 0.682. The third-order valence-electron chi connectivity index (χ3n) is 1.27. The van der Waals surface area contributed by atoms with E-state index in [1.165, 1.54) is 0 Å². The lowest BCUT2D eigenvalue weighted by Gasteiger charge is -2.00. The number of aromatic nitrogens is 1. The molecule has 0 aromatic carbocycles. The van der Waals surface area contributed by atoms with Crippen molar-refractivity contribution in [2.45, 2.75) is 0 Å². The van der Waals surface area contributed by atoms with E-state index >= 15 is 0 Å². The molecule has 0 amide bonds. The van der Waals surface area contributed by atoms with E-state index in [4.69, 9.17) is 0 Å². The van der Waals surface area contributed by atoms with Crippen LogP contribution >= 0.6 is 31.9 Å². The third kappa shape index (κ3) is 2.42. The Morgan fingerprint density at radius 1 is 1.55 bits per heavy atom. The van der Waals surface area contributed by atoms with E-state index in [0.717, 1.165) is 20.9 Å². The average Bonchev–Trinajstić information content (AvgIpc) is 2.03.